The van der Waals surface area contributed by atoms with E-state index in [1.807, 2.05) is 51.1 Å². The van der Waals surface area contributed by atoms with Gasteiger partial charge in [0, 0.05) is 0 Å². The molecule has 0 saturated heterocycles. The molecule has 0 bridgehead atoms. The zero-order valence-corrected chi connectivity index (χ0v) is 14.2. The second-order valence-corrected chi connectivity index (χ2v) is 6.52. The molecule has 0 aromatic heterocycles. The maximum absolute atomic E-state index is 12.0. The third kappa shape index (κ3) is 5.88. The van der Waals surface area contributed by atoms with E-state index in [2.05, 4.69) is 0 Å². The molecular weight excluding hydrogens is 304 g/mol. The van der Waals surface area contributed by atoms with E-state index in [4.69, 9.17) is 9.47 Å². The van der Waals surface area contributed by atoms with Crippen molar-refractivity contribution >= 4 is 11.9 Å². The van der Waals surface area contributed by atoms with Crippen molar-refractivity contribution in [2.24, 2.45) is 0 Å². The van der Waals surface area contributed by atoms with Crippen LogP contribution in [-0.4, -0.2) is 17.5 Å². The fourth-order valence-electron chi connectivity index (χ4n) is 2.11. The normalized spacial score (nSPS) is 11.0. The van der Waals surface area contributed by atoms with E-state index in [1.165, 1.54) is 0 Å². The highest BCUT2D eigenvalue weighted by molar-refractivity contribution is 5.89. The Morgan fingerprint density at radius 3 is 2.08 bits per heavy atom. The third-order valence-corrected chi connectivity index (χ3v) is 3.17. The van der Waals surface area contributed by atoms with Crippen LogP contribution in [0.5, 0.6) is 0 Å². The predicted octanol–water partition coefficient (Wildman–Crippen LogP) is 3.93. The number of benzene rings is 2. The van der Waals surface area contributed by atoms with Crippen molar-refractivity contribution in [3.05, 3.63) is 71.3 Å². The van der Waals surface area contributed by atoms with Crippen LogP contribution < -0.4 is 0 Å². The monoisotopic (exact) mass is 326 g/mol. The van der Waals surface area contributed by atoms with Crippen LogP contribution in [0, 0.1) is 0 Å². The third-order valence-electron chi connectivity index (χ3n) is 3.17. The molecule has 0 saturated carbocycles. The number of hydrogen-bond donors (Lipinski definition) is 0. The van der Waals surface area contributed by atoms with E-state index in [0.29, 0.717) is 5.56 Å². The van der Waals surface area contributed by atoms with E-state index in [9.17, 15) is 9.59 Å². The van der Waals surface area contributed by atoms with Gasteiger partial charge in [-0.2, -0.15) is 0 Å². The minimum Gasteiger partial charge on any atom is -0.460 e. The largest absolute Gasteiger partial charge is 0.460 e. The summed E-state index contributed by atoms with van der Waals surface area (Å²) in [6.45, 7) is 5.73. The van der Waals surface area contributed by atoms with Gasteiger partial charge in [-0.25, -0.2) is 4.79 Å². The lowest BCUT2D eigenvalue weighted by Gasteiger charge is -2.19. The molecule has 0 aliphatic heterocycles. The Bertz CT molecular complexity index is 682. The molecule has 126 valence electrons. The Morgan fingerprint density at radius 2 is 1.50 bits per heavy atom. The van der Waals surface area contributed by atoms with Crippen LogP contribution in [0.4, 0.5) is 0 Å². The van der Waals surface area contributed by atoms with Crippen LogP contribution in [0.3, 0.4) is 0 Å². The van der Waals surface area contributed by atoms with Gasteiger partial charge in [0.2, 0.25) is 0 Å². The smallest absolute Gasteiger partial charge is 0.338 e. The van der Waals surface area contributed by atoms with Gasteiger partial charge >= 0.3 is 11.9 Å². The lowest BCUT2D eigenvalue weighted by Crippen LogP contribution is -2.24. The molecule has 4 heteroatoms. The number of carbonyl (C=O) groups excluding carboxylic acids is 2. The topological polar surface area (TPSA) is 52.6 Å². The first-order chi connectivity index (χ1) is 11.3. The summed E-state index contributed by atoms with van der Waals surface area (Å²) < 4.78 is 10.5. The summed E-state index contributed by atoms with van der Waals surface area (Å²) in [4.78, 5) is 23.8. The van der Waals surface area contributed by atoms with Gasteiger partial charge in [-0.1, -0.05) is 42.5 Å². The molecular formula is C20H22O4. The van der Waals surface area contributed by atoms with E-state index in [1.54, 1.807) is 24.3 Å². The average molecular weight is 326 g/mol. The Labute approximate surface area is 142 Å². The lowest BCUT2D eigenvalue weighted by molar-refractivity contribution is -0.153. The molecule has 0 heterocycles. The molecule has 2 aromatic carbocycles. The zero-order chi connectivity index (χ0) is 17.6. The number of esters is 2. The van der Waals surface area contributed by atoms with E-state index < -0.39 is 5.60 Å². The number of carbonyl (C=O) groups is 2. The van der Waals surface area contributed by atoms with Crippen molar-refractivity contribution in [2.45, 2.75) is 39.4 Å². The summed E-state index contributed by atoms with van der Waals surface area (Å²) in [5, 5.41) is 0. The molecule has 2 rings (SSSR count). The molecule has 4 nitrogen and oxygen atoms in total. The molecule has 0 radical (unpaired) electrons. The molecule has 0 fully saturated rings. The summed E-state index contributed by atoms with van der Waals surface area (Å²) in [5.74, 6) is -0.676. The summed E-state index contributed by atoms with van der Waals surface area (Å²) in [7, 11) is 0. The van der Waals surface area contributed by atoms with Crippen LogP contribution in [-0.2, 0) is 27.3 Å². The first kappa shape index (κ1) is 17.7. The molecule has 0 atom stereocenters. The van der Waals surface area contributed by atoms with Crippen LogP contribution >= 0.6 is 0 Å². The number of rotatable bonds is 5. The van der Waals surface area contributed by atoms with Crippen molar-refractivity contribution in [2.75, 3.05) is 0 Å². The minimum absolute atomic E-state index is 0.177. The second kappa shape index (κ2) is 7.77. The lowest BCUT2D eigenvalue weighted by atomic mass is 10.1. The molecule has 0 unspecified atom stereocenters. The summed E-state index contributed by atoms with van der Waals surface area (Å²) in [6, 6.07) is 16.3. The average Bonchev–Trinajstić information content (AvgIpc) is 2.52. The molecule has 24 heavy (non-hydrogen) atoms. The molecule has 0 amide bonds. The van der Waals surface area contributed by atoms with Crippen LogP contribution in [0.15, 0.2) is 54.6 Å². The SMILES string of the molecule is CC(C)(C)OC(=O)Cc1ccc(C(=O)OCc2ccccc2)cc1. The van der Waals surface area contributed by atoms with Crippen molar-refractivity contribution < 1.29 is 19.1 Å². The van der Waals surface area contributed by atoms with Gasteiger partial charge in [0.15, 0.2) is 0 Å². The first-order valence-electron chi connectivity index (χ1n) is 7.85. The van der Waals surface area contributed by atoms with Crippen LogP contribution in [0.2, 0.25) is 0 Å². The van der Waals surface area contributed by atoms with Gasteiger partial charge in [-0.05, 0) is 44.0 Å². The van der Waals surface area contributed by atoms with E-state index >= 15 is 0 Å². The summed E-state index contributed by atoms with van der Waals surface area (Å²) >= 11 is 0. The molecule has 0 aliphatic carbocycles. The molecule has 2 aromatic rings. The highest BCUT2D eigenvalue weighted by atomic mass is 16.6. The minimum atomic E-state index is -0.502. The maximum Gasteiger partial charge on any atom is 0.338 e. The van der Waals surface area contributed by atoms with E-state index in [0.717, 1.165) is 11.1 Å². The van der Waals surface area contributed by atoms with E-state index in [-0.39, 0.29) is 25.0 Å². The maximum atomic E-state index is 12.0. The highest BCUT2D eigenvalue weighted by Gasteiger charge is 2.16. The van der Waals surface area contributed by atoms with Crippen molar-refractivity contribution in [3.8, 4) is 0 Å². The summed E-state index contributed by atoms with van der Waals surface area (Å²) in [5.41, 5.74) is 1.69. The number of hydrogen-bond acceptors (Lipinski definition) is 4. The predicted molar refractivity (Wildman–Crippen MR) is 91.6 cm³/mol. The van der Waals surface area contributed by atoms with Crippen molar-refractivity contribution in [1.82, 2.24) is 0 Å². The van der Waals surface area contributed by atoms with Crippen LogP contribution in [0.1, 0.15) is 42.3 Å². The fraction of sp³-hybridized carbons (Fsp3) is 0.300. The second-order valence-electron chi connectivity index (χ2n) is 6.52. The number of ether oxygens (including phenoxy) is 2. The highest BCUT2D eigenvalue weighted by Crippen LogP contribution is 2.12. The standard InChI is InChI=1S/C20H22O4/c1-20(2,3)24-18(21)13-15-9-11-17(12-10-15)19(22)23-14-16-7-5-4-6-8-16/h4-12H,13-14H2,1-3H3. The molecule has 0 aliphatic rings. The fourth-order valence-corrected chi connectivity index (χ4v) is 2.11. The van der Waals surface area contributed by atoms with Crippen molar-refractivity contribution in [1.29, 1.82) is 0 Å². The van der Waals surface area contributed by atoms with Gasteiger partial charge in [0.25, 0.3) is 0 Å². The first-order valence-corrected chi connectivity index (χ1v) is 7.85. The van der Waals surface area contributed by atoms with Crippen LogP contribution in [0.25, 0.3) is 0 Å². The van der Waals surface area contributed by atoms with Gasteiger partial charge in [0.1, 0.15) is 12.2 Å². The van der Waals surface area contributed by atoms with Gasteiger partial charge in [-0.15, -0.1) is 0 Å². The Hall–Kier alpha value is -2.62. The Kier molecular flexibility index (Phi) is 5.74. The quantitative estimate of drug-likeness (QED) is 0.781. The molecule has 0 N–H and O–H groups in total. The van der Waals surface area contributed by atoms with Gasteiger partial charge < -0.3 is 9.47 Å². The van der Waals surface area contributed by atoms with Gasteiger partial charge in [-0.3, -0.25) is 4.79 Å². The van der Waals surface area contributed by atoms with Crippen molar-refractivity contribution in [3.63, 3.8) is 0 Å². The Morgan fingerprint density at radius 1 is 0.875 bits per heavy atom. The zero-order valence-electron chi connectivity index (χ0n) is 14.2. The molecule has 0 spiro atoms. The van der Waals surface area contributed by atoms with Gasteiger partial charge in [0.05, 0.1) is 12.0 Å². The summed E-state index contributed by atoms with van der Waals surface area (Å²) in [6.07, 6.45) is 0.177. The Balaban J connectivity index is 1.89.